The maximum atomic E-state index is 12.4. The molecule has 2 rings (SSSR count). The zero-order valence-corrected chi connectivity index (χ0v) is 14.9. The Balaban J connectivity index is 2.34. The molecule has 0 fully saturated rings. The number of ketones is 1. The van der Waals surface area contributed by atoms with Crippen LogP contribution in [0, 0.1) is 0 Å². The molecule has 0 radical (unpaired) electrons. The summed E-state index contributed by atoms with van der Waals surface area (Å²) in [4.78, 5) is 12.4. The first-order valence-corrected chi connectivity index (χ1v) is 7.73. The molecule has 0 N–H and O–H groups in total. The molecule has 2 aromatic rings. The van der Waals surface area contributed by atoms with E-state index < -0.39 is 0 Å². The Labute approximate surface area is 150 Å². The van der Waals surface area contributed by atoms with E-state index in [1.807, 2.05) is 0 Å². The second-order valence-corrected chi connectivity index (χ2v) is 5.62. The van der Waals surface area contributed by atoms with Crippen molar-refractivity contribution >= 4 is 35.1 Å². The molecule has 0 aliphatic carbocycles. The van der Waals surface area contributed by atoms with Crippen LogP contribution in [-0.4, -0.2) is 27.1 Å². The van der Waals surface area contributed by atoms with Crippen LogP contribution >= 0.6 is 23.2 Å². The topological polar surface area (TPSA) is 44.8 Å². The van der Waals surface area contributed by atoms with Crippen molar-refractivity contribution in [3.63, 3.8) is 0 Å². The Bertz CT molecular complexity index is 760. The molecule has 0 saturated carbocycles. The molecule has 0 spiro atoms. The summed E-state index contributed by atoms with van der Waals surface area (Å²) in [5.74, 6) is 1.04. The minimum Gasteiger partial charge on any atom is -0.493 e. The Morgan fingerprint density at radius 1 is 0.958 bits per heavy atom. The summed E-state index contributed by atoms with van der Waals surface area (Å²) < 4.78 is 15.7. The summed E-state index contributed by atoms with van der Waals surface area (Å²) in [7, 11) is 4.49. The van der Waals surface area contributed by atoms with E-state index in [9.17, 15) is 4.79 Å². The minimum atomic E-state index is -0.222. The van der Waals surface area contributed by atoms with Crippen LogP contribution in [0.25, 0.3) is 6.08 Å². The molecular formula is C18H16Cl2O4. The molecule has 0 aliphatic rings. The van der Waals surface area contributed by atoms with Gasteiger partial charge in [-0.15, -0.1) is 0 Å². The molecule has 0 unspecified atom stereocenters. The molecule has 126 valence electrons. The molecule has 4 nitrogen and oxygen atoms in total. The zero-order valence-electron chi connectivity index (χ0n) is 13.4. The number of carbonyl (C=O) groups excluding carboxylic acids is 1. The standard InChI is InChI=1S/C18H16Cl2O4/c1-22-16-8-12(9-17(23-2)18(16)24-3)15(21)7-5-11-4-6-13(19)10-14(11)20/h4-10H,1-3H3/b7-5+. The molecular weight excluding hydrogens is 351 g/mol. The molecule has 0 bridgehead atoms. The first kappa shape index (κ1) is 18.2. The van der Waals surface area contributed by atoms with Crippen molar-refractivity contribution in [3.8, 4) is 17.2 Å². The van der Waals surface area contributed by atoms with Crippen LogP contribution in [0.3, 0.4) is 0 Å². The molecule has 24 heavy (non-hydrogen) atoms. The maximum absolute atomic E-state index is 12.4. The van der Waals surface area contributed by atoms with Gasteiger partial charge in [0.2, 0.25) is 5.75 Å². The average Bonchev–Trinajstić information content (AvgIpc) is 2.59. The van der Waals surface area contributed by atoms with Gasteiger partial charge in [0.15, 0.2) is 17.3 Å². The van der Waals surface area contributed by atoms with Gasteiger partial charge < -0.3 is 14.2 Å². The van der Waals surface area contributed by atoms with Gasteiger partial charge in [-0.25, -0.2) is 0 Å². The molecule has 0 atom stereocenters. The van der Waals surface area contributed by atoms with Crippen LogP contribution in [0.5, 0.6) is 17.2 Å². The lowest BCUT2D eigenvalue weighted by molar-refractivity contribution is 0.104. The molecule has 0 aliphatic heterocycles. The summed E-state index contributed by atoms with van der Waals surface area (Å²) >= 11 is 11.9. The van der Waals surface area contributed by atoms with E-state index in [-0.39, 0.29) is 5.78 Å². The highest BCUT2D eigenvalue weighted by molar-refractivity contribution is 6.35. The highest BCUT2D eigenvalue weighted by Gasteiger charge is 2.15. The number of methoxy groups -OCH3 is 3. The van der Waals surface area contributed by atoms with Gasteiger partial charge in [0.05, 0.1) is 21.3 Å². The van der Waals surface area contributed by atoms with Crippen LogP contribution in [0.2, 0.25) is 10.0 Å². The monoisotopic (exact) mass is 366 g/mol. The van der Waals surface area contributed by atoms with Gasteiger partial charge in [0, 0.05) is 15.6 Å². The number of hydrogen-bond acceptors (Lipinski definition) is 4. The number of allylic oxidation sites excluding steroid dienone is 1. The third kappa shape index (κ3) is 4.02. The van der Waals surface area contributed by atoms with E-state index in [1.165, 1.54) is 27.4 Å². The van der Waals surface area contributed by atoms with Crippen molar-refractivity contribution in [3.05, 3.63) is 57.6 Å². The fourth-order valence-corrected chi connectivity index (χ4v) is 2.59. The van der Waals surface area contributed by atoms with Gasteiger partial charge in [-0.05, 0) is 42.0 Å². The molecule has 0 aromatic heterocycles. The molecule has 0 amide bonds. The predicted molar refractivity (Wildman–Crippen MR) is 95.9 cm³/mol. The molecule has 6 heteroatoms. The van der Waals surface area contributed by atoms with Crippen LogP contribution in [0.4, 0.5) is 0 Å². The summed E-state index contributed by atoms with van der Waals surface area (Å²) in [5, 5.41) is 1.00. The first-order chi connectivity index (χ1) is 11.5. The summed E-state index contributed by atoms with van der Waals surface area (Å²) in [5.41, 5.74) is 1.10. The summed E-state index contributed by atoms with van der Waals surface area (Å²) in [6.45, 7) is 0. The SMILES string of the molecule is COc1cc(C(=O)/C=C/c2ccc(Cl)cc2Cl)cc(OC)c1OC. The van der Waals surface area contributed by atoms with Crippen molar-refractivity contribution in [2.45, 2.75) is 0 Å². The lowest BCUT2D eigenvalue weighted by Crippen LogP contribution is -2.00. The van der Waals surface area contributed by atoms with Gasteiger partial charge in [-0.2, -0.15) is 0 Å². The lowest BCUT2D eigenvalue weighted by Gasteiger charge is -2.13. The molecule has 0 heterocycles. The fraction of sp³-hybridized carbons (Fsp3) is 0.167. The van der Waals surface area contributed by atoms with Crippen molar-refractivity contribution in [2.24, 2.45) is 0 Å². The van der Waals surface area contributed by atoms with Gasteiger partial charge in [0.1, 0.15) is 0 Å². The highest BCUT2D eigenvalue weighted by Crippen LogP contribution is 2.38. The number of rotatable bonds is 6. The Kier molecular flexibility index (Phi) is 6.12. The maximum Gasteiger partial charge on any atom is 0.203 e. The lowest BCUT2D eigenvalue weighted by atomic mass is 10.1. The highest BCUT2D eigenvalue weighted by atomic mass is 35.5. The Hall–Kier alpha value is -2.17. The van der Waals surface area contributed by atoms with Gasteiger partial charge in [-0.3, -0.25) is 4.79 Å². The van der Waals surface area contributed by atoms with Crippen LogP contribution in [0.1, 0.15) is 15.9 Å². The predicted octanol–water partition coefficient (Wildman–Crippen LogP) is 4.92. The minimum absolute atomic E-state index is 0.222. The largest absolute Gasteiger partial charge is 0.493 e. The number of carbonyl (C=O) groups is 1. The number of ether oxygens (including phenoxy) is 3. The van der Waals surface area contributed by atoms with E-state index in [2.05, 4.69) is 0 Å². The summed E-state index contributed by atoms with van der Waals surface area (Å²) in [6, 6.07) is 8.25. The van der Waals surface area contributed by atoms with Crippen molar-refractivity contribution < 1.29 is 19.0 Å². The van der Waals surface area contributed by atoms with E-state index in [4.69, 9.17) is 37.4 Å². The Morgan fingerprint density at radius 2 is 1.58 bits per heavy atom. The normalized spacial score (nSPS) is 10.7. The second kappa shape index (κ2) is 8.08. The van der Waals surface area contributed by atoms with Gasteiger partial charge in [0.25, 0.3) is 0 Å². The van der Waals surface area contributed by atoms with Crippen molar-refractivity contribution in [1.82, 2.24) is 0 Å². The number of hydrogen-bond donors (Lipinski definition) is 0. The van der Waals surface area contributed by atoms with E-state index in [1.54, 1.807) is 36.4 Å². The molecule has 2 aromatic carbocycles. The zero-order chi connectivity index (χ0) is 17.7. The number of halogens is 2. The van der Waals surface area contributed by atoms with Crippen LogP contribution in [0.15, 0.2) is 36.4 Å². The third-order valence-corrected chi connectivity index (χ3v) is 3.89. The third-order valence-electron chi connectivity index (χ3n) is 3.33. The van der Waals surface area contributed by atoms with Crippen molar-refractivity contribution in [2.75, 3.05) is 21.3 Å². The average molecular weight is 367 g/mol. The fourth-order valence-electron chi connectivity index (χ4n) is 2.12. The number of benzene rings is 2. The van der Waals surface area contributed by atoms with E-state index in [0.29, 0.717) is 38.4 Å². The van der Waals surface area contributed by atoms with E-state index >= 15 is 0 Å². The second-order valence-electron chi connectivity index (χ2n) is 4.78. The van der Waals surface area contributed by atoms with Gasteiger partial charge >= 0.3 is 0 Å². The van der Waals surface area contributed by atoms with Gasteiger partial charge in [-0.1, -0.05) is 29.3 Å². The van der Waals surface area contributed by atoms with Crippen LogP contribution in [-0.2, 0) is 0 Å². The van der Waals surface area contributed by atoms with E-state index in [0.717, 1.165) is 0 Å². The smallest absolute Gasteiger partial charge is 0.203 e. The van der Waals surface area contributed by atoms with Crippen LogP contribution < -0.4 is 14.2 Å². The summed E-state index contributed by atoms with van der Waals surface area (Å²) in [6.07, 6.45) is 3.06. The quantitative estimate of drug-likeness (QED) is 0.537. The van der Waals surface area contributed by atoms with Crippen molar-refractivity contribution in [1.29, 1.82) is 0 Å². The Morgan fingerprint density at radius 3 is 2.08 bits per heavy atom. The first-order valence-electron chi connectivity index (χ1n) is 6.97. The molecule has 0 saturated heterocycles.